The van der Waals surface area contributed by atoms with Crippen LogP contribution in [0, 0.1) is 0 Å². The minimum atomic E-state index is -3.53. The van der Waals surface area contributed by atoms with Gasteiger partial charge in [-0.25, -0.2) is 18.1 Å². The van der Waals surface area contributed by atoms with Gasteiger partial charge in [0.2, 0.25) is 10.0 Å². The third-order valence-electron chi connectivity index (χ3n) is 2.82. The molecule has 5 nitrogen and oxygen atoms in total. The van der Waals surface area contributed by atoms with E-state index < -0.39 is 10.0 Å². The molecule has 0 bridgehead atoms. The van der Waals surface area contributed by atoms with Gasteiger partial charge in [-0.2, -0.15) is 0 Å². The number of nitrogens with one attached hydrogen (secondary N) is 2. The highest BCUT2D eigenvalue weighted by Gasteiger charge is 2.17. The normalized spacial score (nSPS) is 11.7. The summed E-state index contributed by atoms with van der Waals surface area (Å²) in [5.74, 6) is 0. The zero-order valence-corrected chi connectivity index (χ0v) is 14.7. The van der Waals surface area contributed by atoms with Crippen molar-refractivity contribution in [2.75, 3.05) is 13.6 Å². The Hall–Kier alpha value is -0.800. The summed E-state index contributed by atoms with van der Waals surface area (Å²) in [6.45, 7) is 0.948. The molecule has 0 spiro atoms. The van der Waals surface area contributed by atoms with Crippen LogP contribution in [0.5, 0.6) is 0 Å². The Kier molecular flexibility index (Phi) is 5.88. The Bertz CT molecular complexity index is 687. The van der Waals surface area contributed by atoms with Crippen LogP contribution in [-0.2, 0) is 23.0 Å². The summed E-state index contributed by atoms with van der Waals surface area (Å²) >= 11 is 4.80. The number of aromatic nitrogens is 1. The highest BCUT2D eigenvalue weighted by Crippen LogP contribution is 2.23. The lowest BCUT2D eigenvalue weighted by Crippen LogP contribution is -2.26. The van der Waals surface area contributed by atoms with Gasteiger partial charge in [-0.15, -0.1) is 11.3 Å². The molecule has 1 heterocycles. The molecule has 0 aliphatic carbocycles. The monoisotopic (exact) mass is 389 g/mol. The van der Waals surface area contributed by atoms with Crippen molar-refractivity contribution in [1.82, 2.24) is 15.0 Å². The molecule has 0 aliphatic heterocycles. The number of nitrogens with zero attached hydrogens (tertiary/aromatic N) is 1. The lowest BCUT2D eigenvalue weighted by molar-refractivity contribution is 0.580. The molecule has 0 unspecified atom stereocenters. The predicted octanol–water partition coefficient (Wildman–Crippen LogP) is 2.15. The minimum Gasteiger partial charge on any atom is -0.316 e. The van der Waals surface area contributed by atoms with Crippen molar-refractivity contribution in [2.45, 2.75) is 17.9 Å². The third-order valence-corrected chi connectivity index (χ3v) is 5.91. The highest BCUT2D eigenvalue weighted by molar-refractivity contribution is 9.10. The average molecular weight is 390 g/mol. The van der Waals surface area contributed by atoms with Crippen LogP contribution in [0.4, 0.5) is 0 Å². The molecular weight excluding hydrogens is 374 g/mol. The van der Waals surface area contributed by atoms with Crippen LogP contribution in [0.3, 0.4) is 0 Å². The Morgan fingerprint density at radius 3 is 2.86 bits per heavy atom. The highest BCUT2D eigenvalue weighted by atomic mass is 79.9. The van der Waals surface area contributed by atoms with Crippen LogP contribution in [0.15, 0.2) is 38.5 Å². The van der Waals surface area contributed by atoms with Crippen molar-refractivity contribution in [2.24, 2.45) is 0 Å². The van der Waals surface area contributed by atoms with Crippen molar-refractivity contribution < 1.29 is 8.42 Å². The second-order valence-electron chi connectivity index (χ2n) is 4.42. The van der Waals surface area contributed by atoms with Gasteiger partial charge in [-0.05, 0) is 40.7 Å². The number of thiazole rings is 1. The van der Waals surface area contributed by atoms with Crippen LogP contribution >= 0.6 is 27.3 Å². The van der Waals surface area contributed by atoms with Crippen molar-refractivity contribution >= 4 is 37.3 Å². The Labute approximate surface area is 137 Å². The van der Waals surface area contributed by atoms with Crippen LogP contribution in [-0.4, -0.2) is 27.0 Å². The number of benzene rings is 1. The van der Waals surface area contributed by atoms with Gasteiger partial charge in [-0.3, -0.25) is 0 Å². The van der Waals surface area contributed by atoms with E-state index in [1.165, 1.54) is 11.3 Å². The first-order valence-corrected chi connectivity index (χ1v) is 9.54. The van der Waals surface area contributed by atoms with Gasteiger partial charge >= 0.3 is 0 Å². The van der Waals surface area contributed by atoms with Gasteiger partial charge in [0.05, 0.1) is 16.1 Å². The molecule has 0 saturated heterocycles. The second kappa shape index (κ2) is 7.46. The summed E-state index contributed by atoms with van der Waals surface area (Å²) in [7, 11) is -1.71. The molecule has 0 fully saturated rings. The molecule has 21 heavy (non-hydrogen) atoms. The molecule has 2 rings (SSSR count). The summed E-state index contributed by atoms with van der Waals surface area (Å²) in [4.78, 5) is 4.39. The Morgan fingerprint density at radius 2 is 2.19 bits per heavy atom. The lowest BCUT2D eigenvalue weighted by Gasteiger charge is -2.10. The van der Waals surface area contributed by atoms with Crippen molar-refractivity contribution in [3.05, 3.63) is 44.8 Å². The van der Waals surface area contributed by atoms with E-state index >= 15 is 0 Å². The zero-order valence-electron chi connectivity index (χ0n) is 11.5. The summed E-state index contributed by atoms with van der Waals surface area (Å²) < 4.78 is 27.9. The summed E-state index contributed by atoms with van der Waals surface area (Å²) in [5.41, 5.74) is 3.55. The number of halogens is 1. The van der Waals surface area contributed by atoms with Crippen molar-refractivity contribution in [3.63, 3.8) is 0 Å². The molecule has 1 aromatic carbocycles. The number of hydrogen-bond acceptors (Lipinski definition) is 5. The van der Waals surface area contributed by atoms with E-state index in [-0.39, 0.29) is 4.90 Å². The van der Waals surface area contributed by atoms with Gasteiger partial charge in [0.15, 0.2) is 0 Å². The standard InChI is InChI=1S/C13H16BrN3O2S2/c1-15-7-10-2-3-12(14)13(6-10)21(18,19)17-5-4-11-8-20-9-16-11/h2-3,6,8-9,15,17H,4-5,7H2,1H3. The maximum atomic E-state index is 12.4. The molecule has 0 amide bonds. The molecule has 2 N–H and O–H groups in total. The summed E-state index contributed by atoms with van der Waals surface area (Å²) in [6, 6.07) is 5.31. The molecule has 2 aromatic rings. The molecule has 0 saturated carbocycles. The molecule has 8 heteroatoms. The molecule has 0 radical (unpaired) electrons. The molecule has 0 atom stereocenters. The number of rotatable bonds is 7. The molecular formula is C13H16BrN3O2S2. The Morgan fingerprint density at radius 1 is 1.38 bits per heavy atom. The van der Waals surface area contributed by atoms with Gasteiger partial charge in [0.25, 0.3) is 0 Å². The number of hydrogen-bond donors (Lipinski definition) is 2. The summed E-state index contributed by atoms with van der Waals surface area (Å²) in [5, 5.41) is 4.92. The zero-order chi connectivity index (χ0) is 15.3. The summed E-state index contributed by atoms with van der Waals surface area (Å²) in [6.07, 6.45) is 0.580. The first-order valence-electron chi connectivity index (χ1n) is 6.32. The van der Waals surface area contributed by atoms with E-state index in [0.29, 0.717) is 24.0 Å². The second-order valence-corrected chi connectivity index (χ2v) is 7.73. The first kappa shape index (κ1) is 16.6. The van der Waals surface area contributed by atoms with E-state index in [1.54, 1.807) is 17.6 Å². The van der Waals surface area contributed by atoms with Gasteiger partial charge in [-0.1, -0.05) is 6.07 Å². The predicted molar refractivity (Wildman–Crippen MR) is 87.9 cm³/mol. The number of sulfonamides is 1. The van der Waals surface area contributed by atoms with Gasteiger partial charge in [0, 0.05) is 29.4 Å². The van der Waals surface area contributed by atoms with E-state index in [0.717, 1.165) is 11.3 Å². The lowest BCUT2D eigenvalue weighted by atomic mass is 10.2. The minimum absolute atomic E-state index is 0.258. The third kappa shape index (κ3) is 4.58. The molecule has 1 aromatic heterocycles. The first-order chi connectivity index (χ1) is 10.0. The van der Waals surface area contributed by atoms with E-state index in [9.17, 15) is 8.42 Å². The maximum Gasteiger partial charge on any atom is 0.241 e. The van der Waals surface area contributed by atoms with Gasteiger partial charge in [0.1, 0.15) is 0 Å². The van der Waals surface area contributed by atoms with E-state index in [1.807, 2.05) is 18.5 Å². The quantitative estimate of drug-likeness (QED) is 0.760. The Balaban J connectivity index is 2.09. The smallest absolute Gasteiger partial charge is 0.241 e. The van der Waals surface area contributed by atoms with Crippen LogP contribution in [0.1, 0.15) is 11.3 Å². The topological polar surface area (TPSA) is 71.1 Å². The fourth-order valence-electron chi connectivity index (χ4n) is 1.82. The maximum absolute atomic E-state index is 12.4. The SMILES string of the molecule is CNCc1ccc(Br)c(S(=O)(=O)NCCc2cscn2)c1. The molecule has 114 valence electrons. The fraction of sp³-hybridized carbons (Fsp3) is 0.308. The van der Waals surface area contributed by atoms with Crippen LogP contribution < -0.4 is 10.0 Å². The van der Waals surface area contributed by atoms with E-state index in [2.05, 4.69) is 31.0 Å². The van der Waals surface area contributed by atoms with Crippen molar-refractivity contribution in [1.29, 1.82) is 0 Å². The largest absolute Gasteiger partial charge is 0.316 e. The van der Waals surface area contributed by atoms with Gasteiger partial charge < -0.3 is 5.32 Å². The van der Waals surface area contributed by atoms with Crippen LogP contribution in [0.25, 0.3) is 0 Å². The molecule has 0 aliphatic rings. The van der Waals surface area contributed by atoms with Crippen molar-refractivity contribution in [3.8, 4) is 0 Å². The van der Waals surface area contributed by atoms with E-state index in [4.69, 9.17) is 0 Å². The van der Waals surface area contributed by atoms with Crippen LogP contribution in [0.2, 0.25) is 0 Å². The average Bonchev–Trinajstić information content (AvgIpc) is 2.94. The fourth-order valence-corrected chi connectivity index (χ4v) is 4.46.